The Morgan fingerprint density at radius 2 is 2.29 bits per heavy atom. The van der Waals surface area contributed by atoms with Gasteiger partial charge in [0, 0.05) is 12.5 Å². The lowest BCUT2D eigenvalue weighted by molar-refractivity contribution is 0.0484. The number of rotatable bonds is 4. The van der Waals surface area contributed by atoms with Gasteiger partial charge < -0.3 is 14.6 Å². The summed E-state index contributed by atoms with van der Waals surface area (Å²) in [6.07, 6.45) is 0.0380. The average Bonchev–Trinajstić information content (AvgIpc) is 2.84. The van der Waals surface area contributed by atoms with Crippen molar-refractivity contribution in [1.29, 1.82) is 0 Å². The molecular formula is C12H14F2O3. The quantitative estimate of drug-likeness (QED) is 0.876. The third kappa shape index (κ3) is 2.92. The van der Waals surface area contributed by atoms with Crippen molar-refractivity contribution in [3.05, 3.63) is 29.8 Å². The molecule has 0 saturated carbocycles. The first-order valence-corrected chi connectivity index (χ1v) is 5.51. The van der Waals surface area contributed by atoms with Crippen LogP contribution in [0.4, 0.5) is 8.78 Å². The van der Waals surface area contributed by atoms with E-state index in [1.807, 2.05) is 0 Å². The molecule has 1 aliphatic heterocycles. The van der Waals surface area contributed by atoms with Gasteiger partial charge in [-0.2, -0.15) is 4.39 Å². The van der Waals surface area contributed by atoms with Crippen molar-refractivity contribution >= 4 is 0 Å². The zero-order valence-electron chi connectivity index (χ0n) is 9.23. The third-order valence-electron chi connectivity index (χ3n) is 2.83. The fraction of sp³-hybridized carbons (Fsp3) is 0.500. The number of benzene rings is 1. The number of hydrogen-bond acceptors (Lipinski definition) is 3. The molecule has 3 nitrogen and oxygen atoms in total. The van der Waals surface area contributed by atoms with E-state index in [2.05, 4.69) is 0 Å². The molecule has 1 saturated heterocycles. The van der Waals surface area contributed by atoms with Gasteiger partial charge in [-0.05, 0) is 18.6 Å². The van der Waals surface area contributed by atoms with Crippen LogP contribution in [-0.2, 0) is 4.74 Å². The summed E-state index contributed by atoms with van der Waals surface area (Å²) in [7, 11) is 0. The van der Waals surface area contributed by atoms with Gasteiger partial charge in [0.2, 0.25) is 5.82 Å². The molecule has 17 heavy (non-hydrogen) atoms. The first-order valence-electron chi connectivity index (χ1n) is 5.51. The Hall–Kier alpha value is -1.20. The van der Waals surface area contributed by atoms with Crippen LogP contribution >= 0.6 is 0 Å². The van der Waals surface area contributed by atoms with Crippen molar-refractivity contribution in [2.45, 2.75) is 12.5 Å². The first-order chi connectivity index (χ1) is 8.18. The van der Waals surface area contributed by atoms with Gasteiger partial charge in [-0.15, -0.1) is 0 Å². The molecule has 1 N–H and O–H groups in total. The van der Waals surface area contributed by atoms with Crippen molar-refractivity contribution in [2.75, 3.05) is 19.8 Å². The van der Waals surface area contributed by atoms with Crippen LogP contribution in [0.2, 0.25) is 0 Å². The fourth-order valence-electron chi connectivity index (χ4n) is 1.76. The topological polar surface area (TPSA) is 38.7 Å². The monoisotopic (exact) mass is 244 g/mol. The molecule has 5 heteroatoms. The number of ether oxygens (including phenoxy) is 2. The van der Waals surface area contributed by atoms with E-state index < -0.39 is 17.7 Å². The van der Waals surface area contributed by atoms with Crippen LogP contribution in [0.3, 0.4) is 0 Å². The van der Waals surface area contributed by atoms with Crippen LogP contribution in [0.5, 0.6) is 5.75 Å². The van der Waals surface area contributed by atoms with Crippen LogP contribution in [0, 0.1) is 17.6 Å². The maximum Gasteiger partial charge on any atom is 0.200 e. The molecule has 1 aromatic rings. The lowest BCUT2D eigenvalue weighted by Gasteiger charge is -2.17. The van der Waals surface area contributed by atoms with Gasteiger partial charge in [-0.25, -0.2) is 4.39 Å². The third-order valence-corrected chi connectivity index (χ3v) is 2.83. The summed E-state index contributed by atoms with van der Waals surface area (Å²) in [4.78, 5) is 0. The summed E-state index contributed by atoms with van der Waals surface area (Å²) in [6, 6.07) is 3.71. The lowest BCUT2D eigenvalue weighted by Crippen LogP contribution is -2.27. The Morgan fingerprint density at radius 3 is 3.00 bits per heavy atom. The van der Waals surface area contributed by atoms with E-state index in [1.54, 1.807) is 0 Å². The Morgan fingerprint density at radius 1 is 1.47 bits per heavy atom. The molecule has 2 rings (SSSR count). The molecule has 1 aromatic carbocycles. The highest BCUT2D eigenvalue weighted by atomic mass is 19.2. The number of halogens is 2. The van der Waals surface area contributed by atoms with Crippen molar-refractivity contribution in [1.82, 2.24) is 0 Å². The molecule has 0 spiro atoms. The van der Waals surface area contributed by atoms with Gasteiger partial charge >= 0.3 is 0 Å². The van der Waals surface area contributed by atoms with Crippen LogP contribution in [0.15, 0.2) is 18.2 Å². The molecule has 1 fully saturated rings. The second-order valence-corrected chi connectivity index (χ2v) is 4.05. The van der Waals surface area contributed by atoms with Gasteiger partial charge in [0.25, 0.3) is 0 Å². The zero-order valence-corrected chi connectivity index (χ0v) is 9.23. The molecular weight excluding hydrogens is 230 g/mol. The van der Waals surface area contributed by atoms with Crippen LogP contribution in [0.1, 0.15) is 6.42 Å². The molecule has 0 bridgehead atoms. The van der Waals surface area contributed by atoms with Gasteiger partial charge in [0.1, 0.15) is 6.61 Å². The molecule has 2 atom stereocenters. The van der Waals surface area contributed by atoms with Crippen LogP contribution in [-0.4, -0.2) is 31.0 Å². The maximum atomic E-state index is 13.2. The molecule has 94 valence electrons. The summed E-state index contributed by atoms with van der Waals surface area (Å²) in [6.45, 7) is 1.04. The number of hydrogen-bond donors (Lipinski definition) is 1. The van der Waals surface area contributed by atoms with E-state index in [-0.39, 0.29) is 18.3 Å². The smallest absolute Gasteiger partial charge is 0.200 e. The second kappa shape index (κ2) is 5.42. The van der Waals surface area contributed by atoms with Gasteiger partial charge in [0.05, 0.1) is 12.7 Å². The van der Waals surface area contributed by atoms with E-state index in [0.29, 0.717) is 13.2 Å². The second-order valence-electron chi connectivity index (χ2n) is 4.05. The van der Waals surface area contributed by atoms with Crippen molar-refractivity contribution < 1.29 is 23.4 Å². The Labute approximate surface area is 98.0 Å². The first kappa shape index (κ1) is 12.3. The summed E-state index contributed by atoms with van der Waals surface area (Å²) in [5, 5.41) is 9.75. The predicted octanol–water partition coefficient (Wildman–Crippen LogP) is 1.74. The van der Waals surface area contributed by atoms with Crippen molar-refractivity contribution in [2.24, 2.45) is 5.92 Å². The van der Waals surface area contributed by atoms with Crippen molar-refractivity contribution in [3.8, 4) is 5.75 Å². The highest BCUT2D eigenvalue weighted by Gasteiger charge is 2.24. The Balaban J connectivity index is 1.90. The number of aliphatic hydroxyl groups is 1. The zero-order chi connectivity index (χ0) is 12.3. The molecule has 2 unspecified atom stereocenters. The molecule has 0 aromatic heterocycles. The molecule has 1 aliphatic rings. The van der Waals surface area contributed by atoms with Crippen molar-refractivity contribution in [3.63, 3.8) is 0 Å². The van der Waals surface area contributed by atoms with Gasteiger partial charge in [0.15, 0.2) is 11.6 Å². The summed E-state index contributed by atoms with van der Waals surface area (Å²) in [5.41, 5.74) is 0. The van der Waals surface area contributed by atoms with Gasteiger partial charge in [-0.1, -0.05) is 6.07 Å². The van der Waals surface area contributed by atoms with Crippen LogP contribution in [0.25, 0.3) is 0 Å². The molecule has 0 amide bonds. The minimum Gasteiger partial charge on any atom is -0.488 e. The summed E-state index contributed by atoms with van der Waals surface area (Å²) in [5.74, 6) is -2.15. The van der Waals surface area contributed by atoms with E-state index in [9.17, 15) is 13.9 Å². The van der Waals surface area contributed by atoms with Crippen LogP contribution < -0.4 is 4.74 Å². The normalized spacial score (nSPS) is 21.5. The fourth-order valence-corrected chi connectivity index (χ4v) is 1.76. The maximum absolute atomic E-state index is 13.2. The summed E-state index contributed by atoms with van der Waals surface area (Å²) >= 11 is 0. The molecule has 0 radical (unpaired) electrons. The largest absolute Gasteiger partial charge is 0.488 e. The lowest BCUT2D eigenvalue weighted by atomic mass is 10.0. The average molecular weight is 244 g/mol. The van der Waals surface area contributed by atoms with Gasteiger partial charge in [-0.3, -0.25) is 0 Å². The van der Waals surface area contributed by atoms with E-state index in [0.717, 1.165) is 12.5 Å². The highest BCUT2D eigenvalue weighted by Crippen LogP contribution is 2.21. The minimum atomic E-state index is -1.03. The Bertz CT molecular complexity index is 378. The summed E-state index contributed by atoms with van der Waals surface area (Å²) < 4.78 is 36.3. The highest BCUT2D eigenvalue weighted by molar-refractivity contribution is 5.25. The molecule has 1 heterocycles. The Kier molecular flexibility index (Phi) is 3.91. The van der Waals surface area contributed by atoms with E-state index in [1.165, 1.54) is 12.1 Å². The minimum absolute atomic E-state index is 0.00613. The number of aliphatic hydroxyl groups excluding tert-OH is 1. The van der Waals surface area contributed by atoms with E-state index >= 15 is 0 Å². The molecule has 0 aliphatic carbocycles. The SMILES string of the molecule is OC(COc1cccc(F)c1F)C1CCOC1. The van der Waals surface area contributed by atoms with E-state index in [4.69, 9.17) is 9.47 Å². The standard InChI is InChI=1S/C12H14F2O3/c13-9-2-1-3-11(12(9)14)17-7-10(15)8-4-5-16-6-8/h1-3,8,10,15H,4-7H2. The predicted molar refractivity (Wildman–Crippen MR) is 56.8 cm³/mol.